The van der Waals surface area contributed by atoms with E-state index in [1.807, 2.05) is 0 Å². The highest BCUT2D eigenvalue weighted by Gasteiger charge is 2.11. The highest BCUT2D eigenvalue weighted by molar-refractivity contribution is 9.10. The molecule has 17 heavy (non-hydrogen) atoms. The number of nitrogens with zero attached hydrogens (tertiary/aromatic N) is 2. The van der Waals surface area contributed by atoms with Gasteiger partial charge in [0, 0.05) is 4.47 Å². The van der Waals surface area contributed by atoms with Crippen LogP contribution < -0.4 is 5.32 Å². The zero-order valence-corrected chi connectivity index (χ0v) is 12.0. The minimum atomic E-state index is 0.156. The second-order valence-electron chi connectivity index (χ2n) is 2.98. The van der Waals surface area contributed by atoms with Crippen LogP contribution in [0.4, 0.5) is 11.7 Å². The van der Waals surface area contributed by atoms with Gasteiger partial charge in [0.05, 0.1) is 15.7 Å². The van der Waals surface area contributed by atoms with E-state index in [4.69, 9.17) is 39.2 Å². The zero-order valence-electron chi connectivity index (χ0n) is 8.18. The average molecular weight is 357 g/mol. The number of halogens is 4. The first-order valence-electron chi connectivity index (χ1n) is 4.40. The molecule has 1 aromatic heterocycles. The summed E-state index contributed by atoms with van der Waals surface area (Å²) in [6, 6.07) is 3.71. The SMILES string of the molecule is ClCc1nnc(Nc2ccc(Br)c(Cl)c2Cl)o1. The van der Waals surface area contributed by atoms with E-state index >= 15 is 0 Å². The molecule has 1 heterocycles. The fourth-order valence-electron chi connectivity index (χ4n) is 1.10. The van der Waals surface area contributed by atoms with Gasteiger partial charge in [-0.05, 0) is 28.1 Å². The summed E-state index contributed by atoms with van der Waals surface area (Å²) in [6.07, 6.45) is 0. The van der Waals surface area contributed by atoms with Crippen LogP contribution in [0.15, 0.2) is 21.0 Å². The van der Waals surface area contributed by atoms with E-state index < -0.39 is 0 Å². The smallest absolute Gasteiger partial charge is 0.320 e. The Balaban J connectivity index is 2.27. The standard InChI is InChI=1S/C9H5BrCl3N3O/c10-4-1-2-5(8(13)7(4)12)14-9-16-15-6(3-11)17-9/h1-2H,3H2,(H,14,16). The molecule has 0 spiro atoms. The number of rotatable bonds is 3. The largest absolute Gasteiger partial charge is 0.407 e. The summed E-state index contributed by atoms with van der Waals surface area (Å²) in [6.45, 7) is 0. The van der Waals surface area contributed by atoms with Crippen molar-refractivity contribution >= 4 is 62.4 Å². The van der Waals surface area contributed by atoms with Gasteiger partial charge in [0.2, 0.25) is 5.89 Å². The van der Waals surface area contributed by atoms with Gasteiger partial charge >= 0.3 is 6.01 Å². The summed E-state index contributed by atoms with van der Waals surface area (Å²) in [4.78, 5) is 0. The Morgan fingerprint density at radius 2 is 2.00 bits per heavy atom. The molecule has 0 fully saturated rings. The van der Waals surface area contributed by atoms with Crippen LogP contribution in [0, 0.1) is 0 Å². The molecule has 2 rings (SSSR count). The minimum absolute atomic E-state index is 0.156. The molecule has 4 nitrogen and oxygen atoms in total. The van der Waals surface area contributed by atoms with Crippen LogP contribution in [-0.2, 0) is 5.88 Å². The third-order valence-electron chi connectivity index (χ3n) is 1.86. The van der Waals surface area contributed by atoms with Gasteiger partial charge < -0.3 is 9.73 Å². The van der Waals surface area contributed by atoms with E-state index in [2.05, 4.69) is 31.4 Å². The van der Waals surface area contributed by atoms with E-state index in [0.717, 1.165) is 0 Å². The lowest BCUT2D eigenvalue weighted by Gasteiger charge is -2.06. The topological polar surface area (TPSA) is 51.0 Å². The lowest BCUT2D eigenvalue weighted by molar-refractivity contribution is 0.530. The summed E-state index contributed by atoms with van der Waals surface area (Å²) in [5.41, 5.74) is 0.574. The predicted octanol–water partition coefficient (Wildman–Crippen LogP) is 4.62. The van der Waals surface area contributed by atoms with Crippen molar-refractivity contribution < 1.29 is 4.42 Å². The van der Waals surface area contributed by atoms with Crippen LogP contribution >= 0.6 is 50.7 Å². The summed E-state index contributed by atoms with van der Waals surface area (Å²) < 4.78 is 5.89. The molecule has 0 atom stereocenters. The van der Waals surface area contributed by atoms with E-state index in [0.29, 0.717) is 26.1 Å². The summed E-state index contributed by atoms with van der Waals surface area (Å²) in [5, 5.41) is 11.1. The summed E-state index contributed by atoms with van der Waals surface area (Å²) in [7, 11) is 0. The Morgan fingerprint density at radius 1 is 1.24 bits per heavy atom. The number of hydrogen-bond acceptors (Lipinski definition) is 4. The Morgan fingerprint density at radius 3 is 2.65 bits per heavy atom. The second-order valence-corrected chi connectivity index (χ2v) is 4.86. The molecule has 0 radical (unpaired) electrons. The van der Waals surface area contributed by atoms with Crippen LogP contribution in [-0.4, -0.2) is 10.2 Å². The molecule has 1 aromatic carbocycles. The number of aromatic nitrogens is 2. The second kappa shape index (κ2) is 5.44. The molecule has 0 aliphatic rings. The van der Waals surface area contributed by atoms with Gasteiger partial charge in [-0.25, -0.2) is 0 Å². The number of benzene rings is 1. The van der Waals surface area contributed by atoms with Gasteiger partial charge in [-0.3, -0.25) is 0 Å². The zero-order chi connectivity index (χ0) is 12.4. The maximum absolute atomic E-state index is 6.05. The first-order chi connectivity index (χ1) is 8.11. The van der Waals surface area contributed by atoms with Crippen molar-refractivity contribution in [1.82, 2.24) is 10.2 Å². The molecule has 0 saturated heterocycles. The maximum Gasteiger partial charge on any atom is 0.320 e. The first-order valence-corrected chi connectivity index (χ1v) is 6.49. The maximum atomic E-state index is 6.05. The third-order valence-corrected chi connectivity index (χ3v) is 3.86. The molecular weight excluding hydrogens is 352 g/mol. The highest BCUT2D eigenvalue weighted by atomic mass is 79.9. The van der Waals surface area contributed by atoms with Crippen molar-refractivity contribution in [3.05, 3.63) is 32.5 Å². The van der Waals surface area contributed by atoms with Gasteiger partial charge in [-0.1, -0.05) is 28.3 Å². The van der Waals surface area contributed by atoms with Crippen molar-refractivity contribution in [1.29, 1.82) is 0 Å². The van der Waals surface area contributed by atoms with E-state index in [-0.39, 0.29) is 11.9 Å². The first kappa shape index (κ1) is 13.0. The average Bonchev–Trinajstić information content (AvgIpc) is 2.78. The molecule has 0 saturated carbocycles. The highest BCUT2D eigenvalue weighted by Crippen LogP contribution is 2.36. The predicted molar refractivity (Wildman–Crippen MR) is 71.3 cm³/mol. The van der Waals surface area contributed by atoms with Gasteiger partial charge in [0.15, 0.2) is 0 Å². The summed E-state index contributed by atoms with van der Waals surface area (Å²) in [5.74, 6) is 0.484. The molecule has 8 heteroatoms. The van der Waals surface area contributed by atoms with E-state index in [1.165, 1.54) is 0 Å². The quantitative estimate of drug-likeness (QED) is 0.643. The molecule has 0 bridgehead atoms. The molecular formula is C9H5BrCl3N3O. The minimum Gasteiger partial charge on any atom is -0.407 e. The van der Waals surface area contributed by atoms with Gasteiger partial charge in [0.1, 0.15) is 5.88 Å². The summed E-state index contributed by atoms with van der Waals surface area (Å²) >= 11 is 20.8. The van der Waals surface area contributed by atoms with Crippen LogP contribution in [0.5, 0.6) is 0 Å². The molecule has 0 aliphatic heterocycles. The molecule has 0 aliphatic carbocycles. The van der Waals surface area contributed by atoms with Crippen LogP contribution in [0.1, 0.15) is 5.89 Å². The fourth-order valence-corrected chi connectivity index (χ4v) is 2.03. The molecule has 0 amide bonds. The van der Waals surface area contributed by atoms with E-state index in [1.54, 1.807) is 12.1 Å². The Hall–Kier alpha value is -0.490. The monoisotopic (exact) mass is 355 g/mol. The number of hydrogen-bond donors (Lipinski definition) is 1. The lowest BCUT2D eigenvalue weighted by atomic mass is 10.3. The fraction of sp³-hybridized carbons (Fsp3) is 0.111. The lowest BCUT2D eigenvalue weighted by Crippen LogP contribution is -1.92. The Labute approximate surface area is 120 Å². The number of anilines is 2. The molecule has 90 valence electrons. The van der Waals surface area contributed by atoms with E-state index in [9.17, 15) is 0 Å². The Bertz CT molecular complexity index is 546. The van der Waals surface area contributed by atoms with Crippen LogP contribution in [0.2, 0.25) is 10.0 Å². The van der Waals surface area contributed by atoms with Crippen molar-refractivity contribution in [2.45, 2.75) is 5.88 Å². The van der Waals surface area contributed by atoms with Gasteiger partial charge in [0.25, 0.3) is 0 Å². The van der Waals surface area contributed by atoms with Gasteiger partial charge in [-0.2, -0.15) is 0 Å². The Kier molecular flexibility index (Phi) is 4.14. The third kappa shape index (κ3) is 2.85. The van der Waals surface area contributed by atoms with Crippen molar-refractivity contribution in [2.24, 2.45) is 0 Å². The molecule has 2 aromatic rings. The number of nitrogens with one attached hydrogen (secondary N) is 1. The van der Waals surface area contributed by atoms with Crippen LogP contribution in [0.25, 0.3) is 0 Å². The van der Waals surface area contributed by atoms with Crippen LogP contribution in [0.3, 0.4) is 0 Å². The normalized spacial score (nSPS) is 10.6. The van der Waals surface area contributed by atoms with Gasteiger partial charge in [-0.15, -0.1) is 16.7 Å². The molecule has 1 N–H and O–H groups in total. The van der Waals surface area contributed by atoms with Crippen molar-refractivity contribution in [3.8, 4) is 0 Å². The molecule has 0 unspecified atom stereocenters. The van der Waals surface area contributed by atoms with Crippen molar-refractivity contribution in [3.63, 3.8) is 0 Å². The number of alkyl halides is 1. The van der Waals surface area contributed by atoms with Crippen molar-refractivity contribution in [2.75, 3.05) is 5.32 Å².